The number of rotatable bonds is 31. The van der Waals surface area contributed by atoms with Crippen LogP contribution in [0.3, 0.4) is 0 Å². The molecule has 0 aliphatic carbocycles. The van der Waals surface area contributed by atoms with Crippen LogP contribution in [0.25, 0.3) is 0 Å². The Morgan fingerprint density at radius 1 is 0.836 bits per heavy atom. The molecule has 1 saturated heterocycles. The second kappa shape index (κ2) is 29.3. The molecule has 1 aliphatic heterocycles. The van der Waals surface area contributed by atoms with E-state index in [9.17, 15) is 34.2 Å². The van der Waals surface area contributed by atoms with Crippen molar-refractivity contribution in [3.8, 4) is 0 Å². The van der Waals surface area contributed by atoms with Crippen molar-refractivity contribution >= 4 is 29.5 Å². The minimum atomic E-state index is -0.949. The summed E-state index contributed by atoms with van der Waals surface area (Å²) >= 11 is 0. The third-order valence-corrected chi connectivity index (χ3v) is 9.42. The van der Waals surface area contributed by atoms with Crippen LogP contribution in [0.4, 0.5) is 0 Å². The normalized spacial score (nSPS) is 21.4. The van der Waals surface area contributed by atoms with Gasteiger partial charge in [0.2, 0.25) is 29.5 Å². The van der Waals surface area contributed by atoms with E-state index in [1.165, 1.54) is 26.0 Å². The van der Waals surface area contributed by atoms with Crippen molar-refractivity contribution in [1.82, 2.24) is 37.0 Å². The number of primary amides is 1. The van der Waals surface area contributed by atoms with Gasteiger partial charge >= 0.3 is 0 Å². The van der Waals surface area contributed by atoms with Gasteiger partial charge in [-0.1, -0.05) is 6.92 Å². The fourth-order valence-corrected chi connectivity index (χ4v) is 6.13. The minimum Gasteiger partial charge on any atom is -0.394 e. The molecule has 1 rings (SSSR count). The van der Waals surface area contributed by atoms with Crippen molar-refractivity contribution in [2.75, 3.05) is 66.6 Å². The second-order valence-electron chi connectivity index (χ2n) is 14.1. The van der Waals surface area contributed by atoms with Crippen LogP contribution in [0.5, 0.6) is 0 Å². The number of nitrogens with zero attached hydrogens (tertiary/aromatic N) is 1. The molecular weight excluding hydrogens is 718 g/mol. The monoisotopic (exact) mass is 790 g/mol. The summed E-state index contributed by atoms with van der Waals surface area (Å²) in [6, 6.07) is -2.63. The zero-order valence-electron chi connectivity index (χ0n) is 33.6. The molecule has 5 amide bonds. The lowest BCUT2D eigenvalue weighted by molar-refractivity contribution is -0.313. The number of ether oxygens (including phenoxy) is 2. The summed E-state index contributed by atoms with van der Waals surface area (Å²) in [6.45, 7) is 8.24. The highest BCUT2D eigenvalue weighted by molar-refractivity contribution is 5.93. The molecule has 0 aromatic heterocycles. The Morgan fingerprint density at radius 3 is 1.95 bits per heavy atom. The first-order valence-electron chi connectivity index (χ1n) is 19.7. The van der Waals surface area contributed by atoms with Crippen LogP contribution in [0.1, 0.15) is 85.0 Å². The molecule has 0 aromatic carbocycles. The SMILES string of the molecule is CO[C@H]1[C@H](O)[C@@H](C)[C@H](N(C)OCC(=O)NCCCCNCCCC[C@H](NC(C)=O)C(=O)N[C@@H](C)C(=O)N[C@@H](CCCCNCCCCN)C(N)=O)O[C@@H]1CO. The van der Waals surface area contributed by atoms with Gasteiger partial charge in [0.15, 0.2) is 0 Å². The Bertz CT molecular complexity index is 1120. The molecule has 0 saturated carbocycles. The highest BCUT2D eigenvalue weighted by Gasteiger charge is 2.45. The van der Waals surface area contributed by atoms with Gasteiger partial charge < -0.3 is 63.1 Å². The van der Waals surface area contributed by atoms with Crippen LogP contribution < -0.4 is 43.4 Å². The molecule has 1 heterocycles. The molecule has 1 fully saturated rings. The molecule has 320 valence electrons. The predicted molar refractivity (Wildman–Crippen MR) is 206 cm³/mol. The summed E-state index contributed by atoms with van der Waals surface area (Å²) < 4.78 is 11.1. The van der Waals surface area contributed by atoms with E-state index in [2.05, 4.69) is 31.9 Å². The van der Waals surface area contributed by atoms with Crippen LogP contribution in [-0.2, 0) is 38.3 Å². The number of carbonyl (C=O) groups excluding carboxylic acids is 5. The van der Waals surface area contributed by atoms with Crippen molar-refractivity contribution < 1.29 is 48.5 Å². The molecule has 55 heavy (non-hydrogen) atoms. The number of carbonyl (C=O) groups is 5. The fourth-order valence-electron chi connectivity index (χ4n) is 6.13. The molecule has 19 nitrogen and oxygen atoms in total. The third kappa shape index (κ3) is 20.6. The third-order valence-electron chi connectivity index (χ3n) is 9.42. The Morgan fingerprint density at radius 2 is 1.40 bits per heavy atom. The van der Waals surface area contributed by atoms with Crippen molar-refractivity contribution in [2.24, 2.45) is 17.4 Å². The van der Waals surface area contributed by atoms with Crippen LogP contribution in [0.15, 0.2) is 0 Å². The van der Waals surface area contributed by atoms with Gasteiger partial charge in [0.05, 0.1) is 12.7 Å². The quantitative estimate of drug-likeness (QED) is 0.0262. The Hall–Kier alpha value is -3.01. The maximum absolute atomic E-state index is 13.0. The Labute approximate surface area is 326 Å². The average Bonchev–Trinajstić information content (AvgIpc) is 3.15. The molecular formula is C36H71N9O10. The van der Waals surface area contributed by atoms with Crippen molar-refractivity contribution in [3.63, 3.8) is 0 Å². The maximum atomic E-state index is 13.0. The second-order valence-corrected chi connectivity index (χ2v) is 14.1. The highest BCUT2D eigenvalue weighted by Crippen LogP contribution is 2.29. The van der Waals surface area contributed by atoms with E-state index < -0.39 is 66.3 Å². The van der Waals surface area contributed by atoms with Crippen molar-refractivity contribution in [1.29, 1.82) is 0 Å². The molecule has 0 spiro atoms. The molecule has 0 bridgehead atoms. The van der Waals surface area contributed by atoms with Gasteiger partial charge in [-0.2, -0.15) is 5.06 Å². The molecule has 1 aliphatic rings. The zero-order valence-corrected chi connectivity index (χ0v) is 33.6. The lowest BCUT2D eigenvalue weighted by Crippen LogP contribution is -2.59. The summed E-state index contributed by atoms with van der Waals surface area (Å²) in [5.41, 5.74) is 11.0. The number of aliphatic hydroxyl groups is 2. The number of amides is 5. The number of aliphatic hydroxyl groups excluding tert-OH is 2. The molecule has 0 unspecified atom stereocenters. The van der Waals surface area contributed by atoms with Crippen LogP contribution >= 0.6 is 0 Å². The summed E-state index contributed by atoms with van der Waals surface area (Å²) in [5, 5.41) is 38.9. The molecule has 0 aromatic rings. The maximum Gasteiger partial charge on any atom is 0.248 e. The van der Waals surface area contributed by atoms with E-state index in [0.717, 1.165) is 58.2 Å². The topological polar surface area (TPSA) is 281 Å². The van der Waals surface area contributed by atoms with E-state index >= 15 is 0 Å². The van der Waals surface area contributed by atoms with Crippen molar-refractivity contribution in [3.05, 3.63) is 0 Å². The number of unbranched alkanes of at least 4 members (excludes halogenated alkanes) is 4. The van der Waals surface area contributed by atoms with Crippen molar-refractivity contribution in [2.45, 2.75) is 128 Å². The number of hydrogen-bond donors (Lipinski definition) is 10. The van der Waals surface area contributed by atoms with E-state index in [1.54, 1.807) is 14.0 Å². The first kappa shape index (κ1) is 50.0. The minimum absolute atomic E-state index is 0.233. The zero-order chi connectivity index (χ0) is 41.2. The first-order valence-corrected chi connectivity index (χ1v) is 19.7. The molecule has 12 N–H and O–H groups in total. The smallest absolute Gasteiger partial charge is 0.248 e. The standard InChI is InChI=1S/C36H71N9O10/c1-24-31(49)32(53-5)29(22-46)55-36(24)45(4)54-23-30(48)41-21-13-12-20-40-18-10-7-15-28(43-26(3)47)35(52)42-25(2)34(51)44-27(33(38)50)14-6-9-17-39-19-11-8-16-37/h24-25,27-29,31-32,36,39-40,46,49H,6-23,37H2,1-5H3,(H2,38,50)(H,41,48)(H,42,52)(H,43,47)(H,44,51)/t24-,25+,27+,28+,29-,31-,32-,36-/m1/s1. The summed E-state index contributed by atoms with van der Waals surface area (Å²) in [6.07, 6.45) is 4.19. The average molecular weight is 790 g/mol. The predicted octanol–water partition coefficient (Wildman–Crippen LogP) is -2.29. The number of methoxy groups -OCH3 is 1. The fraction of sp³-hybridized carbons (Fsp3) is 0.861. The van der Waals surface area contributed by atoms with E-state index in [0.29, 0.717) is 45.3 Å². The summed E-state index contributed by atoms with van der Waals surface area (Å²) in [5.74, 6) is -2.74. The first-order chi connectivity index (χ1) is 26.3. The molecule has 0 radical (unpaired) electrons. The molecule has 8 atom stereocenters. The largest absolute Gasteiger partial charge is 0.394 e. The van der Waals surface area contributed by atoms with Gasteiger partial charge in [0.25, 0.3) is 0 Å². The van der Waals surface area contributed by atoms with E-state index in [1.807, 2.05) is 0 Å². The van der Waals surface area contributed by atoms with Gasteiger partial charge in [-0.15, -0.1) is 0 Å². The van der Waals surface area contributed by atoms with Crippen LogP contribution in [0, 0.1) is 5.92 Å². The van der Waals surface area contributed by atoms with E-state index in [4.69, 9.17) is 25.8 Å². The molecule has 19 heteroatoms. The lowest BCUT2D eigenvalue weighted by Gasteiger charge is -2.45. The summed E-state index contributed by atoms with van der Waals surface area (Å²) in [4.78, 5) is 67.4. The van der Waals surface area contributed by atoms with Gasteiger partial charge in [-0.3, -0.25) is 28.8 Å². The van der Waals surface area contributed by atoms with Gasteiger partial charge in [0, 0.05) is 33.5 Å². The number of nitrogens with one attached hydrogen (secondary N) is 6. The van der Waals surface area contributed by atoms with Crippen LogP contribution in [0.2, 0.25) is 0 Å². The number of hydrogen-bond acceptors (Lipinski definition) is 14. The number of nitrogens with two attached hydrogens (primary N) is 2. The van der Waals surface area contributed by atoms with E-state index in [-0.39, 0.29) is 25.0 Å². The van der Waals surface area contributed by atoms with Gasteiger partial charge in [0.1, 0.15) is 43.2 Å². The van der Waals surface area contributed by atoms with Crippen LogP contribution in [-0.4, -0.2) is 154 Å². The highest BCUT2D eigenvalue weighted by atomic mass is 16.7. The lowest BCUT2D eigenvalue weighted by atomic mass is 9.91. The van der Waals surface area contributed by atoms with Gasteiger partial charge in [-0.25, -0.2) is 0 Å². The summed E-state index contributed by atoms with van der Waals surface area (Å²) in [7, 11) is 3.04. The Balaban J connectivity index is 2.28. The van der Waals surface area contributed by atoms with Gasteiger partial charge in [-0.05, 0) is 104 Å². The number of hydroxylamine groups is 2. The Kier molecular flexibility index (Phi) is 26.6.